The van der Waals surface area contributed by atoms with E-state index in [4.69, 9.17) is 4.74 Å². The summed E-state index contributed by atoms with van der Waals surface area (Å²) in [5, 5.41) is 0. The number of benzene rings is 1. The number of aromatic nitrogens is 2. The normalized spacial score (nSPS) is 19.2. The summed E-state index contributed by atoms with van der Waals surface area (Å²) in [5.74, 6) is 0.831. The minimum atomic E-state index is -0.0679. The van der Waals surface area contributed by atoms with Crippen molar-refractivity contribution in [3.8, 4) is 5.75 Å². The fourth-order valence-electron chi connectivity index (χ4n) is 4.03. The van der Waals surface area contributed by atoms with Crippen molar-refractivity contribution in [1.82, 2.24) is 19.8 Å². The number of likely N-dealkylation sites (tertiary alicyclic amines) is 2. The van der Waals surface area contributed by atoms with Crippen molar-refractivity contribution in [2.75, 3.05) is 32.8 Å². The maximum Gasteiger partial charge on any atom is 0.272 e. The van der Waals surface area contributed by atoms with Gasteiger partial charge in [0.25, 0.3) is 11.8 Å². The molecular weight excluding hydrogens is 368 g/mol. The molecule has 1 aromatic heterocycles. The molecule has 0 radical (unpaired) electrons. The number of ether oxygens (including phenoxy) is 1. The molecule has 2 fully saturated rings. The van der Waals surface area contributed by atoms with E-state index in [2.05, 4.69) is 9.97 Å². The standard InChI is InChI=1S/C22H26N4O3/c27-21(25-11-3-4-12-25)18-7-1-2-8-20(18)29-15-17-6-5-13-26(14-17)22(28)19-9-10-23-16-24-19/h1-2,7-10,16-17H,3-6,11-15H2. The number of para-hydroxylation sites is 1. The van der Waals surface area contributed by atoms with E-state index >= 15 is 0 Å². The molecule has 29 heavy (non-hydrogen) atoms. The summed E-state index contributed by atoms with van der Waals surface area (Å²) in [5.41, 5.74) is 1.04. The van der Waals surface area contributed by atoms with Crippen molar-refractivity contribution in [2.24, 2.45) is 5.92 Å². The van der Waals surface area contributed by atoms with Gasteiger partial charge in [0.05, 0.1) is 12.2 Å². The third-order valence-electron chi connectivity index (χ3n) is 5.59. The summed E-state index contributed by atoms with van der Waals surface area (Å²) in [7, 11) is 0. The van der Waals surface area contributed by atoms with Crippen LogP contribution in [0.5, 0.6) is 5.75 Å². The number of rotatable bonds is 5. The maximum atomic E-state index is 12.8. The smallest absolute Gasteiger partial charge is 0.272 e. The monoisotopic (exact) mass is 394 g/mol. The molecule has 7 nitrogen and oxygen atoms in total. The molecule has 1 atom stereocenters. The topological polar surface area (TPSA) is 75.6 Å². The van der Waals surface area contributed by atoms with Crippen molar-refractivity contribution in [3.63, 3.8) is 0 Å². The lowest BCUT2D eigenvalue weighted by Gasteiger charge is -2.32. The van der Waals surface area contributed by atoms with Gasteiger partial charge in [-0.15, -0.1) is 0 Å². The van der Waals surface area contributed by atoms with Crippen molar-refractivity contribution in [1.29, 1.82) is 0 Å². The third-order valence-corrected chi connectivity index (χ3v) is 5.59. The zero-order valence-electron chi connectivity index (χ0n) is 16.5. The zero-order valence-corrected chi connectivity index (χ0v) is 16.5. The van der Waals surface area contributed by atoms with Gasteiger partial charge in [-0.05, 0) is 43.9 Å². The Hall–Kier alpha value is -2.96. The summed E-state index contributed by atoms with van der Waals surface area (Å²) in [6.45, 7) is 3.47. The molecule has 2 aromatic rings. The lowest BCUT2D eigenvalue weighted by molar-refractivity contribution is 0.0626. The van der Waals surface area contributed by atoms with Crippen LogP contribution >= 0.6 is 0 Å². The van der Waals surface area contributed by atoms with Gasteiger partial charge in [-0.1, -0.05) is 12.1 Å². The van der Waals surface area contributed by atoms with Crippen LogP contribution in [0, 0.1) is 5.92 Å². The van der Waals surface area contributed by atoms with E-state index in [-0.39, 0.29) is 17.7 Å². The summed E-state index contributed by atoms with van der Waals surface area (Å²) in [6, 6.07) is 9.10. The molecule has 2 saturated heterocycles. The van der Waals surface area contributed by atoms with Crippen molar-refractivity contribution in [3.05, 3.63) is 54.1 Å². The zero-order chi connectivity index (χ0) is 20.1. The number of carbonyl (C=O) groups excluding carboxylic acids is 2. The number of hydrogen-bond acceptors (Lipinski definition) is 5. The molecule has 2 aliphatic heterocycles. The lowest BCUT2D eigenvalue weighted by Crippen LogP contribution is -2.42. The quantitative estimate of drug-likeness (QED) is 0.779. The van der Waals surface area contributed by atoms with E-state index in [1.165, 1.54) is 6.33 Å². The molecule has 3 heterocycles. The molecule has 0 bridgehead atoms. The van der Waals surface area contributed by atoms with Crippen LogP contribution < -0.4 is 4.74 Å². The van der Waals surface area contributed by atoms with E-state index in [9.17, 15) is 9.59 Å². The first-order valence-electron chi connectivity index (χ1n) is 10.3. The fourth-order valence-corrected chi connectivity index (χ4v) is 4.03. The van der Waals surface area contributed by atoms with Crippen molar-refractivity contribution in [2.45, 2.75) is 25.7 Å². The molecule has 0 aliphatic carbocycles. The van der Waals surface area contributed by atoms with E-state index in [0.717, 1.165) is 45.3 Å². The van der Waals surface area contributed by atoms with Crippen LogP contribution in [0.1, 0.15) is 46.5 Å². The van der Waals surface area contributed by atoms with E-state index in [1.54, 1.807) is 12.3 Å². The Labute approximate surface area is 170 Å². The molecule has 0 spiro atoms. The van der Waals surface area contributed by atoms with Gasteiger partial charge >= 0.3 is 0 Å². The Balaban J connectivity index is 1.38. The third kappa shape index (κ3) is 4.55. The predicted octanol–water partition coefficient (Wildman–Crippen LogP) is 2.64. The summed E-state index contributed by atoms with van der Waals surface area (Å²) >= 11 is 0. The minimum Gasteiger partial charge on any atom is -0.492 e. The van der Waals surface area contributed by atoms with Crippen molar-refractivity contribution < 1.29 is 14.3 Å². The highest BCUT2D eigenvalue weighted by molar-refractivity contribution is 5.97. The van der Waals surface area contributed by atoms with Crippen LogP contribution in [0.2, 0.25) is 0 Å². The Morgan fingerprint density at radius 1 is 1.00 bits per heavy atom. The average molecular weight is 394 g/mol. The van der Waals surface area contributed by atoms with Gasteiger partial charge in [-0.2, -0.15) is 0 Å². The first-order valence-corrected chi connectivity index (χ1v) is 10.3. The summed E-state index contributed by atoms with van der Waals surface area (Å²) in [4.78, 5) is 37.1. The Morgan fingerprint density at radius 3 is 2.59 bits per heavy atom. The molecule has 0 saturated carbocycles. The maximum absolute atomic E-state index is 12.8. The highest BCUT2D eigenvalue weighted by atomic mass is 16.5. The predicted molar refractivity (Wildman–Crippen MR) is 108 cm³/mol. The number of carbonyl (C=O) groups is 2. The molecule has 2 amide bonds. The molecule has 1 aromatic carbocycles. The highest BCUT2D eigenvalue weighted by Crippen LogP contribution is 2.24. The van der Waals surface area contributed by atoms with Gasteiger partial charge in [0.1, 0.15) is 17.8 Å². The first kappa shape index (κ1) is 19.4. The van der Waals surface area contributed by atoms with E-state index in [1.807, 2.05) is 34.1 Å². The second-order valence-corrected chi connectivity index (χ2v) is 7.66. The van der Waals surface area contributed by atoms with Crippen LogP contribution in [0.4, 0.5) is 0 Å². The number of amides is 2. The van der Waals surface area contributed by atoms with Gasteiger partial charge in [0, 0.05) is 38.3 Å². The van der Waals surface area contributed by atoms with E-state index in [0.29, 0.717) is 30.2 Å². The highest BCUT2D eigenvalue weighted by Gasteiger charge is 2.27. The number of nitrogens with zero attached hydrogens (tertiary/aromatic N) is 4. The summed E-state index contributed by atoms with van der Waals surface area (Å²) in [6.07, 6.45) is 7.03. The Kier molecular flexibility index (Phi) is 6.03. The lowest BCUT2D eigenvalue weighted by atomic mass is 9.98. The van der Waals surface area contributed by atoms with E-state index < -0.39 is 0 Å². The fraction of sp³-hybridized carbons (Fsp3) is 0.455. The number of piperidine rings is 1. The molecule has 1 unspecified atom stereocenters. The molecule has 4 rings (SSSR count). The van der Waals surface area contributed by atoms with Gasteiger partial charge < -0.3 is 14.5 Å². The molecular formula is C22H26N4O3. The van der Waals surface area contributed by atoms with Crippen LogP contribution in [-0.4, -0.2) is 64.4 Å². The average Bonchev–Trinajstić information content (AvgIpc) is 3.33. The number of hydrogen-bond donors (Lipinski definition) is 0. The van der Waals surface area contributed by atoms with Crippen LogP contribution in [0.15, 0.2) is 42.9 Å². The van der Waals surface area contributed by atoms with Crippen LogP contribution in [0.3, 0.4) is 0 Å². The first-order chi connectivity index (χ1) is 14.2. The second-order valence-electron chi connectivity index (χ2n) is 7.66. The Morgan fingerprint density at radius 2 is 1.79 bits per heavy atom. The van der Waals surface area contributed by atoms with Gasteiger partial charge in [-0.3, -0.25) is 9.59 Å². The molecule has 0 N–H and O–H groups in total. The largest absolute Gasteiger partial charge is 0.492 e. The SMILES string of the molecule is O=C(c1ccncn1)N1CCCC(COc2ccccc2C(=O)N2CCCC2)C1. The van der Waals surface area contributed by atoms with Crippen molar-refractivity contribution >= 4 is 11.8 Å². The van der Waals surface area contributed by atoms with Crippen LogP contribution in [-0.2, 0) is 0 Å². The van der Waals surface area contributed by atoms with Gasteiger partial charge in [0.15, 0.2) is 0 Å². The van der Waals surface area contributed by atoms with Crippen LogP contribution in [0.25, 0.3) is 0 Å². The molecule has 7 heteroatoms. The Bertz CT molecular complexity index is 852. The minimum absolute atomic E-state index is 0.0438. The second kappa shape index (κ2) is 9.03. The molecule has 2 aliphatic rings. The molecule has 152 valence electrons. The van der Waals surface area contributed by atoms with Gasteiger partial charge in [0.2, 0.25) is 0 Å². The summed E-state index contributed by atoms with van der Waals surface area (Å²) < 4.78 is 6.08. The van der Waals surface area contributed by atoms with Gasteiger partial charge in [-0.25, -0.2) is 9.97 Å².